The number of benzene rings is 1. The first-order valence-corrected chi connectivity index (χ1v) is 7.57. The molecular weight excluding hydrogens is 304 g/mol. The molecule has 0 saturated carbocycles. The summed E-state index contributed by atoms with van der Waals surface area (Å²) in [5, 5.41) is 1.39. The zero-order chi connectivity index (χ0) is 16.3. The predicted octanol–water partition coefficient (Wildman–Crippen LogP) is 0.342. The van der Waals surface area contributed by atoms with Crippen LogP contribution in [-0.4, -0.2) is 58.0 Å². The summed E-state index contributed by atoms with van der Waals surface area (Å²) in [6.07, 6.45) is -0.361. The first-order valence-electron chi connectivity index (χ1n) is 7.20. The fraction of sp³-hybridized carbons (Fsp3) is 0.500. The number of likely N-dealkylation sites (N-methyl/N-ethyl adjacent to an activating group) is 1. The molecule has 1 aliphatic heterocycles. The molecule has 0 saturated heterocycles. The van der Waals surface area contributed by atoms with Gasteiger partial charge >= 0.3 is 0 Å². The van der Waals surface area contributed by atoms with E-state index < -0.39 is 0 Å². The van der Waals surface area contributed by atoms with Gasteiger partial charge in [-0.15, -0.1) is 0 Å². The van der Waals surface area contributed by atoms with Crippen molar-refractivity contribution in [3.8, 4) is 0 Å². The number of rotatable bonds is 6. The minimum absolute atomic E-state index is 0.331. The minimum Gasteiger partial charge on any atom is -0.493 e. The van der Waals surface area contributed by atoms with Gasteiger partial charge in [-0.25, -0.2) is 4.79 Å². The summed E-state index contributed by atoms with van der Waals surface area (Å²) in [6.45, 7) is 3.98. The second kappa shape index (κ2) is 7.16. The lowest BCUT2D eigenvalue weighted by molar-refractivity contribution is 0.107. The maximum atomic E-state index is 11.4. The van der Waals surface area contributed by atoms with Gasteiger partial charge in [0.1, 0.15) is 5.94 Å². The highest BCUT2D eigenvalue weighted by Crippen LogP contribution is 2.26. The second-order valence-corrected chi connectivity index (χ2v) is 5.71. The van der Waals surface area contributed by atoms with Crippen LogP contribution < -0.4 is 15.3 Å². The van der Waals surface area contributed by atoms with Crippen molar-refractivity contribution < 1.29 is 14.3 Å². The van der Waals surface area contributed by atoms with Gasteiger partial charge in [0.2, 0.25) is 0 Å². The Morgan fingerprint density at radius 2 is 2.14 bits per heavy atom. The highest BCUT2D eigenvalue weighted by Gasteiger charge is 2.33. The van der Waals surface area contributed by atoms with Crippen LogP contribution in [0.2, 0.25) is 5.02 Å². The highest BCUT2D eigenvalue weighted by molar-refractivity contribution is 6.31. The van der Waals surface area contributed by atoms with E-state index in [0.717, 1.165) is 18.8 Å². The van der Waals surface area contributed by atoms with E-state index in [1.165, 1.54) is 0 Å². The third-order valence-electron chi connectivity index (χ3n) is 3.61. The maximum absolute atomic E-state index is 11.4. The van der Waals surface area contributed by atoms with Crippen LogP contribution in [0.25, 0.3) is 5.76 Å². The van der Waals surface area contributed by atoms with Crippen LogP contribution in [0.1, 0.15) is 6.92 Å². The summed E-state index contributed by atoms with van der Waals surface area (Å²) in [5.74, 6) is 2.56. The van der Waals surface area contributed by atoms with Gasteiger partial charge < -0.3 is 19.3 Å². The molecule has 0 radical (unpaired) electrons. The van der Waals surface area contributed by atoms with E-state index >= 15 is 0 Å². The Bertz CT molecular complexity index is 683. The van der Waals surface area contributed by atoms with E-state index in [-0.39, 0.29) is 6.23 Å². The zero-order valence-corrected chi connectivity index (χ0v) is 14.1. The van der Waals surface area contributed by atoms with Gasteiger partial charge in [0.15, 0.2) is 12.0 Å². The van der Waals surface area contributed by atoms with Crippen molar-refractivity contribution >= 4 is 29.0 Å². The lowest BCUT2D eigenvalue weighted by Crippen LogP contribution is -2.39. The van der Waals surface area contributed by atoms with Crippen LogP contribution >= 0.6 is 11.6 Å². The number of nitrogens with zero attached hydrogens (tertiary/aromatic N) is 2. The fourth-order valence-electron chi connectivity index (χ4n) is 2.62. The topological polar surface area (TPSA) is 42.0 Å². The average Bonchev–Trinajstić information content (AvgIpc) is 2.78. The molecular formula is C16H21ClN2O3. The number of hydrogen-bond acceptors (Lipinski definition) is 5. The van der Waals surface area contributed by atoms with Crippen LogP contribution in [0, 0.1) is 0 Å². The van der Waals surface area contributed by atoms with Gasteiger partial charge in [-0.1, -0.05) is 11.6 Å². The third kappa shape index (κ3) is 2.99. The largest absolute Gasteiger partial charge is 0.493 e. The van der Waals surface area contributed by atoms with Crippen LogP contribution in [0.5, 0.6) is 0 Å². The molecule has 1 aromatic carbocycles. The molecule has 1 unspecified atom stereocenters. The smallest absolute Gasteiger partial charge is 0.189 e. The maximum Gasteiger partial charge on any atom is 0.189 e. The second-order valence-electron chi connectivity index (χ2n) is 5.30. The summed E-state index contributed by atoms with van der Waals surface area (Å²) in [6, 6.07) is 3.61. The standard InChI is InChI=1S/C16H21ClN2O3/c1-5-22-15-14-11(10-20)12(17)6-7-13(14)19(16(15)21-4)9-8-18(2)3/h6-7,16H,5,8-9H2,1-4H3. The Morgan fingerprint density at radius 1 is 1.41 bits per heavy atom. The van der Waals surface area contributed by atoms with Gasteiger partial charge in [0, 0.05) is 20.2 Å². The fourth-order valence-corrected chi connectivity index (χ4v) is 2.82. The van der Waals surface area contributed by atoms with Crippen molar-refractivity contribution in [2.75, 3.05) is 45.8 Å². The number of methoxy groups -OCH3 is 1. The van der Waals surface area contributed by atoms with E-state index in [4.69, 9.17) is 21.1 Å². The number of carbonyl (C=O) groups excluding carboxylic acids is 1. The average molecular weight is 325 g/mol. The van der Waals surface area contributed by atoms with Gasteiger partial charge in [0.05, 0.1) is 27.8 Å². The number of fused-ring (bicyclic) bond motifs is 1. The lowest BCUT2D eigenvalue weighted by atomic mass is 10.2. The van der Waals surface area contributed by atoms with Crippen LogP contribution in [0.15, 0.2) is 12.1 Å². The van der Waals surface area contributed by atoms with E-state index in [9.17, 15) is 4.79 Å². The molecule has 1 heterocycles. The lowest BCUT2D eigenvalue weighted by Gasteiger charge is -2.29. The summed E-state index contributed by atoms with van der Waals surface area (Å²) in [5.41, 5.74) is 0.889. The van der Waals surface area contributed by atoms with Crippen molar-refractivity contribution in [2.45, 2.75) is 13.2 Å². The van der Waals surface area contributed by atoms with E-state index in [0.29, 0.717) is 27.8 Å². The minimum atomic E-state index is -0.361. The van der Waals surface area contributed by atoms with Crippen LogP contribution in [0.3, 0.4) is 0 Å². The molecule has 1 aromatic rings. The molecule has 2 rings (SSSR count). The van der Waals surface area contributed by atoms with Gasteiger partial charge in [-0.3, -0.25) is 0 Å². The zero-order valence-electron chi connectivity index (χ0n) is 13.4. The summed E-state index contributed by atoms with van der Waals surface area (Å²) in [7, 11) is 5.65. The number of anilines is 1. The molecule has 0 N–H and O–H groups in total. The Morgan fingerprint density at radius 3 is 2.68 bits per heavy atom. The Hall–Kier alpha value is -1.52. The van der Waals surface area contributed by atoms with Crippen molar-refractivity contribution in [3.05, 3.63) is 27.6 Å². The molecule has 0 bridgehead atoms. The van der Waals surface area contributed by atoms with E-state index in [1.807, 2.05) is 33.0 Å². The van der Waals surface area contributed by atoms with Crippen LogP contribution in [-0.2, 0) is 14.3 Å². The highest BCUT2D eigenvalue weighted by atomic mass is 35.5. The normalized spacial score (nSPS) is 16.9. The molecule has 0 aliphatic carbocycles. The Labute approximate surface area is 135 Å². The number of halogens is 1. The molecule has 6 heteroatoms. The van der Waals surface area contributed by atoms with E-state index in [1.54, 1.807) is 13.2 Å². The monoisotopic (exact) mass is 324 g/mol. The van der Waals surface area contributed by atoms with Crippen molar-refractivity contribution in [2.24, 2.45) is 0 Å². The predicted molar refractivity (Wildman–Crippen MR) is 87.2 cm³/mol. The van der Waals surface area contributed by atoms with Crippen molar-refractivity contribution in [1.29, 1.82) is 0 Å². The molecule has 0 fully saturated rings. The number of hydrogen-bond donors (Lipinski definition) is 0. The Balaban J connectivity index is 2.64. The third-order valence-corrected chi connectivity index (χ3v) is 3.92. The van der Waals surface area contributed by atoms with Crippen LogP contribution in [0.4, 0.5) is 5.69 Å². The molecule has 5 nitrogen and oxygen atoms in total. The van der Waals surface area contributed by atoms with E-state index in [2.05, 4.69) is 9.80 Å². The molecule has 120 valence electrons. The molecule has 0 aromatic heterocycles. The molecule has 0 amide bonds. The summed E-state index contributed by atoms with van der Waals surface area (Å²) in [4.78, 5) is 15.5. The van der Waals surface area contributed by atoms with Gasteiger partial charge in [-0.2, -0.15) is 0 Å². The first-order chi connectivity index (χ1) is 10.5. The summed E-state index contributed by atoms with van der Waals surface area (Å²) < 4.78 is 11.4. The van der Waals surface area contributed by atoms with Crippen molar-refractivity contribution in [1.82, 2.24) is 4.90 Å². The molecule has 1 aliphatic rings. The Kier molecular flexibility index (Phi) is 5.48. The molecule has 22 heavy (non-hydrogen) atoms. The number of ether oxygens (including phenoxy) is 2. The molecule has 0 spiro atoms. The van der Waals surface area contributed by atoms with Gasteiger partial charge in [-0.05, 0) is 33.2 Å². The van der Waals surface area contributed by atoms with Gasteiger partial charge in [0.25, 0.3) is 0 Å². The summed E-state index contributed by atoms with van der Waals surface area (Å²) >= 11 is 6.14. The molecule has 1 atom stereocenters. The first kappa shape index (κ1) is 16.8. The van der Waals surface area contributed by atoms with Crippen molar-refractivity contribution in [3.63, 3.8) is 0 Å². The quantitative estimate of drug-likeness (QED) is 0.755. The SMILES string of the molecule is CCOC1=c2c(ccc(Cl)c2=C=O)N(CCN(C)C)C1OC.